The standard InChI is InChI=1S/C13H17F3N2O/c1-9(8-17-2)12(19)18-11-5-3-4-10(6-11)7-13(14,15)16/h3-6,9,17H,7-8H2,1-2H3,(H,18,19). The van der Waals surface area contributed by atoms with Gasteiger partial charge in [-0.15, -0.1) is 0 Å². The van der Waals surface area contributed by atoms with Gasteiger partial charge >= 0.3 is 6.18 Å². The predicted octanol–water partition coefficient (Wildman–Crippen LogP) is 2.59. The van der Waals surface area contributed by atoms with Crippen LogP contribution in [0.4, 0.5) is 18.9 Å². The fourth-order valence-electron chi connectivity index (χ4n) is 1.65. The molecule has 1 aromatic rings. The van der Waals surface area contributed by atoms with Crippen molar-refractivity contribution in [2.24, 2.45) is 5.92 Å². The van der Waals surface area contributed by atoms with Gasteiger partial charge in [-0.2, -0.15) is 13.2 Å². The van der Waals surface area contributed by atoms with Gasteiger partial charge in [0.25, 0.3) is 0 Å². The number of benzene rings is 1. The second-order valence-corrected chi connectivity index (χ2v) is 4.44. The van der Waals surface area contributed by atoms with Gasteiger partial charge in [0.05, 0.1) is 6.42 Å². The molecule has 0 radical (unpaired) electrons. The van der Waals surface area contributed by atoms with Gasteiger partial charge in [0.2, 0.25) is 5.91 Å². The molecule has 0 saturated carbocycles. The molecule has 0 aromatic heterocycles. The number of hydrogen-bond donors (Lipinski definition) is 2. The van der Waals surface area contributed by atoms with Gasteiger partial charge in [0.15, 0.2) is 0 Å². The van der Waals surface area contributed by atoms with Crippen LogP contribution in [0.25, 0.3) is 0 Å². The molecule has 19 heavy (non-hydrogen) atoms. The lowest BCUT2D eigenvalue weighted by Gasteiger charge is -2.13. The Bertz CT molecular complexity index is 432. The molecule has 1 unspecified atom stereocenters. The molecule has 3 nitrogen and oxygen atoms in total. The van der Waals surface area contributed by atoms with Crippen molar-refractivity contribution in [2.45, 2.75) is 19.5 Å². The highest BCUT2D eigenvalue weighted by atomic mass is 19.4. The zero-order chi connectivity index (χ0) is 14.5. The molecule has 1 amide bonds. The molecule has 0 aliphatic rings. The number of hydrogen-bond acceptors (Lipinski definition) is 2. The van der Waals surface area contributed by atoms with E-state index >= 15 is 0 Å². The minimum absolute atomic E-state index is 0.131. The molecule has 0 bridgehead atoms. The van der Waals surface area contributed by atoms with Crippen LogP contribution in [0.1, 0.15) is 12.5 Å². The quantitative estimate of drug-likeness (QED) is 0.866. The van der Waals surface area contributed by atoms with Crippen LogP contribution >= 0.6 is 0 Å². The lowest BCUT2D eigenvalue weighted by atomic mass is 10.1. The maximum absolute atomic E-state index is 12.3. The first-order chi connectivity index (χ1) is 8.81. The fraction of sp³-hybridized carbons (Fsp3) is 0.462. The van der Waals surface area contributed by atoms with Crippen molar-refractivity contribution in [1.29, 1.82) is 0 Å². The minimum atomic E-state index is -4.25. The SMILES string of the molecule is CNCC(C)C(=O)Nc1cccc(CC(F)(F)F)c1. The first-order valence-corrected chi connectivity index (χ1v) is 5.93. The van der Waals surface area contributed by atoms with Crippen LogP contribution in [0.3, 0.4) is 0 Å². The zero-order valence-electron chi connectivity index (χ0n) is 10.8. The number of anilines is 1. The van der Waals surface area contributed by atoms with E-state index in [1.807, 2.05) is 0 Å². The molecule has 106 valence electrons. The maximum Gasteiger partial charge on any atom is 0.393 e. The van der Waals surface area contributed by atoms with Crippen molar-refractivity contribution < 1.29 is 18.0 Å². The smallest absolute Gasteiger partial charge is 0.326 e. The second kappa shape index (κ2) is 6.56. The second-order valence-electron chi connectivity index (χ2n) is 4.44. The number of nitrogens with one attached hydrogen (secondary N) is 2. The third-order valence-corrected chi connectivity index (χ3v) is 2.56. The molecule has 1 atom stereocenters. The third-order valence-electron chi connectivity index (χ3n) is 2.56. The van der Waals surface area contributed by atoms with E-state index < -0.39 is 12.6 Å². The molecule has 2 N–H and O–H groups in total. The Kier molecular flexibility index (Phi) is 5.35. The summed E-state index contributed by atoms with van der Waals surface area (Å²) >= 11 is 0. The van der Waals surface area contributed by atoms with Gasteiger partial charge in [-0.25, -0.2) is 0 Å². The van der Waals surface area contributed by atoms with Crippen molar-refractivity contribution in [3.8, 4) is 0 Å². The monoisotopic (exact) mass is 274 g/mol. The Morgan fingerprint density at radius 2 is 2.05 bits per heavy atom. The van der Waals surface area contributed by atoms with Crippen molar-refractivity contribution in [3.05, 3.63) is 29.8 Å². The van der Waals surface area contributed by atoms with E-state index in [0.717, 1.165) is 0 Å². The predicted molar refractivity (Wildman–Crippen MR) is 67.9 cm³/mol. The van der Waals surface area contributed by atoms with E-state index in [4.69, 9.17) is 0 Å². The summed E-state index contributed by atoms with van der Waals surface area (Å²) in [6.07, 6.45) is -5.25. The Morgan fingerprint density at radius 1 is 1.37 bits per heavy atom. The van der Waals surface area contributed by atoms with Crippen LogP contribution < -0.4 is 10.6 Å². The summed E-state index contributed by atoms with van der Waals surface area (Å²) < 4.78 is 36.8. The molecular weight excluding hydrogens is 257 g/mol. The topological polar surface area (TPSA) is 41.1 Å². The molecule has 0 aliphatic heterocycles. The van der Waals surface area contributed by atoms with E-state index in [9.17, 15) is 18.0 Å². The van der Waals surface area contributed by atoms with Crippen molar-refractivity contribution >= 4 is 11.6 Å². The van der Waals surface area contributed by atoms with Crippen LogP contribution in [0.5, 0.6) is 0 Å². The average molecular weight is 274 g/mol. The average Bonchev–Trinajstić information content (AvgIpc) is 2.27. The van der Waals surface area contributed by atoms with Crippen LogP contribution in [-0.2, 0) is 11.2 Å². The normalized spacial score (nSPS) is 13.1. The number of amides is 1. The summed E-state index contributed by atoms with van der Waals surface area (Å²) in [5, 5.41) is 5.47. The van der Waals surface area contributed by atoms with Gasteiger partial charge in [-0.05, 0) is 24.7 Å². The largest absolute Gasteiger partial charge is 0.393 e. The highest BCUT2D eigenvalue weighted by Gasteiger charge is 2.27. The minimum Gasteiger partial charge on any atom is -0.326 e. The Morgan fingerprint density at radius 3 is 2.63 bits per heavy atom. The molecule has 0 saturated heterocycles. The van der Waals surface area contributed by atoms with E-state index in [-0.39, 0.29) is 17.4 Å². The molecule has 0 aliphatic carbocycles. The molecule has 0 spiro atoms. The maximum atomic E-state index is 12.3. The Labute approximate surface area is 110 Å². The first-order valence-electron chi connectivity index (χ1n) is 5.93. The number of carbonyl (C=O) groups excluding carboxylic acids is 1. The molecule has 6 heteroatoms. The highest BCUT2D eigenvalue weighted by molar-refractivity contribution is 5.92. The summed E-state index contributed by atoms with van der Waals surface area (Å²) in [7, 11) is 1.73. The summed E-state index contributed by atoms with van der Waals surface area (Å²) in [4.78, 5) is 11.7. The number of alkyl halides is 3. The molecule has 0 heterocycles. The van der Waals surface area contributed by atoms with Gasteiger partial charge in [0.1, 0.15) is 0 Å². The van der Waals surface area contributed by atoms with E-state index in [2.05, 4.69) is 10.6 Å². The molecule has 0 fully saturated rings. The summed E-state index contributed by atoms with van der Waals surface area (Å²) in [6.45, 7) is 2.25. The summed E-state index contributed by atoms with van der Waals surface area (Å²) in [5.74, 6) is -0.477. The van der Waals surface area contributed by atoms with E-state index in [1.165, 1.54) is 18.2 Å². The van der Waals surface area contributed by atoms with Crippen LogP contribution in [0.15, 0.2) is 24.3 Å². The highest BCUT2D eigenvalue weighted by Crippen LogP contribution is 2.23. The Hall–Kier alpha value is -1.56. The lowest BCUT2D eigenvalue weighted by molar-refractivity contribution is -0.127. The lowest BCUT2D eigenvalue weighted by Crippen LogP contribution is -2.28. The summed E-state index contributed by atoms with van der Waals surface area (Å²) in [6, 6.07) is 5.81. The third kappa shape index (κ3) is 5.74. The van der Waals surface area contributed by atoms with Gasteiger partial charge in [-0.1, -0.05) is 19.1 Å². The first kappa shape index (κ1) is 15.5. The van der Waals surface area contributed by atoms with E-state index in [1.54, 1.807) is 20.0 Å². The van der Waals surface area contributed by atoms with Crippen molar-refractivity contribution in [3.63, 3.8) is 0 Å². The van der Waals surface area contributed by atoms with Crippen LogP contribution in [0, 0.1) is 5.92 Å². The van der Waals surface area contributed by atoms with Gasteiger partial charge in [0, 0.05) is 18.2 Å². The number of halogens is 3. The van der Waals surface area contributed by atoms with E-state index in [0.29, 0.717) is 12.2 Å². The fourth-order valence-corrected chi connectivity index (χ4v) is 1.65. The van der Waals surface area contributed by atoms with Gasteiger partial charge in [-0.3, -0.25) is 4.79 Å². The van der Waals surface area contributed by atoms with Gasteiger partial charge < -0.3 is 10.6 Å². The van der Waals surface area contributed by atoms with Crippen LogP contribution in [0.2, 0.25) is 0 Å². The molecular formula is C13H17F3N2O. The number of carbonyl (C=O) groups is 1. The Balaban J connectivity index is 2.69. The zero-order valence-corrected chi connectivity index (χ0v) is 10.8. The van der Waals surface area contributed by atoms with Crippen molar-refractivity contribution in [1.82, 2.24) is 5.32 Å². The number of rotatable bonds is 5. The molecule has 1 aromatic carbocycles. The summed E-state index contributed by atoms with van der Waals surface area (Å²) in [5.41, 5.74) is 0.515. The van der Waals surface area contributed by atoms with Crippen molar-refractivity contribution in [2.75, 3.05) is 18.9 Å². The molecule has 1 rings (SSSR count). The van der Waals surface area contributed by atoms with Crippen LogP contribution in [-0.4, -0.2) is 25.7 Å².